The Hall–Kier alpha value is -0.0900. The maximum atomic E-state index is 12.3. The van der Waals surface area contributed by atoms with Gasteiger partial charge in [-0.2, -0.15) is 0 Å². The van der Waals surface area contributed by atoms with E-state index in [9.17, 15) is 4.79 Å². The Balaban J connectivity index is 2.26. The Bertz CT molecular complexity index is 228. The van der Waals surface area contributed by atoms with E-state index < -0.39 is 0 Å². The van der Waals surface area contributed by atoms with Crippen LogP contribution in [-0.4, -0.2) is 42.9 Å². The van der Waals surface area contributed by atoms with Crippen LogP contribution < -0.4 is 0 Å². The molecule has 0 atom stereocenters. The second kappa shape index (κ2) is 9.79. The van der Waals surface area contributed by atoms with Gasteiger partial charge in [0, 0.05) is 24.8 Å². The van der Waals surface area contributed by atoms with E-state index in [1.54, 1.807) is 0 Å². The molecule has 1 fully saturated rings. The highest BCUT2D eigenvalue weighted by Gasteiger charge is 2.22. The van der Waals surface area contributed by atoms with Crippen LogP contribution in [0.1, 0.15) is 44.9 Å². The number of hydrogen-bond acceptors (Lipinski definition) is 2. The van der Waals surface area contributed by atoms with Crippen LogP contribution in [0, 0.1) is 5.92 Å². The van der Waals surface area contributed by atoms with Crippen molar-refractivity contribution in [3.05, 3.63) is 0 Å². The van der Waals surface area contributed by atoms with Crippen molar-refractivity contribution in [1.82, 2.24) is 4.90 Å². The first-order valence-electron chi connectivity index (χ1n) is 7.14. The molecule has 0 saturated heterocycles. The van der Waals surface area contributed by atoms with E-state index >= 15 is 0 Å². The highest BCUT2D eigenvalue weighted by atomic mass is 79.9. The largest absolute Gasteiger partial charge is 0.379 e. The molecule has 0 spiro atoms. The molecule has 0 radical (unpaired) electrons. The van der Waals surface area contributed by atoms with Crippen molar-refractivity contribution in [2.24, 2.45) is 5.92 Å². The van der Waals surface area contributed by atoms with E-state index in [0.717, 1.165) is 18.2 Å². The number of rotatable bonds is 6. The van der Waals surface area contributed by atoms with Gasteiger partial charge >= 0.3 is 0 Å². The van der Waals surface area contributed by atoms with E-state index in [1.807, 2.05) is 11.9 Å². The van der Waals surface area contributed by atoms with Crippen molar-refractivity contribution in [3.63, 3.8) is 0 Å². The molecule has 1 rings (SSSR count). The fourth-order valence-electron chi connectivity index (χ4n) is 2.48. The molecule has 1 aliphatic carbocycles. The topological polar surface area (TPSA) is 29.5 Å². The highest BCUT2D eigenvalue weighted by Crippen LogP contribution is 2.23. The normalized spacial score (nSPS) is 18.1. The van der Waals surface area contributed by atoms with E-state index in [-0.39, 0.29) is 5.92 Å². The third kappa shape index (κ3) is 6.19. The van der Waals surface area contributed by atoms with Crippen molar-refractivity contribution in [2.75, 3.05) is 32.1 Å². The summed E-state index contributed by atoms with van der Waals surface area (Å²) in [4.78, 5) is 14.1. The lowest BCUT2D eigenvalue weighted by Crippen LogP contribution is -2.35. The van der Waals surface area contributed by atoms with Gasteiger partial charge in [0.1, 0.15) is 0 Å². The highest BCUT2D eigenvalue weighted by molar-refractivity contribution is 9.09. The Morgan fingerprint density at radius 2 is 1.78 bits per heavy atom. The van der Waals surface area contributed by atoms with Gasteiger partial charge < -0.3 is 9.64 Å². The minimum atomic E-state index is 0.256. The monoisotopic (exact) mass is 319 g/mol. The molecule has 0 aromatic rings. The van der Waals surface area contributed by atoms with Gasteiger partial charge in [-0.05, 0) is 12.8 Å². The second-order valence-corrected chi connectivity index (χ2v) is 5.90. The zero-order chi connectivity index (χ0) is 13.2. The Morgan fingerprint density at radius 1 is 1.17 bits per heavy atom. The quantitative estimate of drug-likeness (QED) is 0.555. The molecular weight excluding hydrogens is 294 g/mol. The molecule has 1 aliphatic rings. The first-order valence-corrected chi connectivity index (χ1v) is 8.26. The Morgan fingerprint density at radius 3 is 2.39 bits per heavy atom. The maximum Gasteiger partial charge on any atom is 0.225 e. The van der Waals surface area contributed by atoms with Crippen LogP contribution in [0.4, 0.5) is 0 Å². The number of alkyl halides is 1. The van der Waals surface area contributed by atoms with Gasteiger partial charge in [-0.1, -0.05) is 48.0 Å². The van der Waals surface area contributed by atoms with Crippen LogP contribution in [0.25, 0.3) is 0 Å². The maximum absolute atomic E-state index is 12.3. The smallest absolute Gasteiger partial charge is 0.225 e. The van der Waals surface area contributed by atoms with Crippen LogP contribution in [-0.2, 0) is 9.53 Å². The summed E-state index contributed by atoms with van der Waals surface area (Å²) in [7, 11) is 1.90. The van der Waals surface area contributed by atoms with Crippen molar-refractivity contribution in [3.8, 4) is 0 Å². The predicted octanol–water partition coefficient (Wildman–Crippen LogP) is 3.22. The SMILES string of the molecule is CN(CCOCCBr)C(=O)C1CCCCCCC1. The standard InChI is InChI=1S/C14H26BrNO2/c1-16(10-12-18-11-9-15)14(17)13-7-5-3-2-4-6-8-13/h13H,2-12H2,1H3. The third-order valence-corrected chi connectivity index (χ3v) is 3.95. The van der Waals surface area contributed by atoms with Gasteiger partial charge in [-0.25, -0.2) is 0 Å². The van der Waals surface area contributed by atoms with E-state index in [0.29, 0.717) is 25.7 Å². The molecule has 1 saturated carbocycles. The molecule has 0 aromatic carbocycles. The molecule has 18 heavy (non-hydrogen) atoms. The number of ether oxygens (including phenoxy) is 1. The van der Waals surface area contributed by atoms with Gasteiger partial charge in [-0.15, -0.1) is 0 Å². The number of halogens is 1. The summed E-state index contributed by atoms with van der Waals surface area (Å²) in [5.41, 5.74) is 0. The summed E-state index contributed by atoms with van der Waals surface area (Å²) in [5, 5.41) is 0.854. The van der Waals surface area contributed by atoms with Gasteiger partial charge in [0.05, 0.1) is 13.2 Å². The molecule has 0 N–H and O–H groups in total. The summed E-state index contributed by atoms with van der Waals surface area (Å²) in [5.74, 6) is 0.575. The van der Waals surface area contributed by atoms with Crippen molar-refractivity contribution < 1.29 is 9.53 Å². The molecule has 4 heteroatoms. The summed E-state index contributed by atoms with van der Waals surface area (Å²) >= 11 is 3.32. The average Bonchev–Trinajstić information content (AvgIpc) is 2.33. The average molecular weight is 320 g/mol. The number of likely N-dealkylation sites (N-methyl/N-ethyl adjacent to an activating group) is 1. The molecular formula is C14H26BrNO2. The van der Waals surface area contributed by atoms with Crippen LogP contribution in [0.5, 0.6) is 0 Å². The van der Waals surface area contributed by atoms with Gasteiger partial charge in [0.15, 0.2) is 0 Å². The minimum Gasteiger partial charge on any atom is -0.379 e. The van der Waals surface area contributed by atoms with Gasteiger partial charge in [-0.3, -0.25) is 4.79 Å². The fraction of sp³-hybridized carbons (Fsp3) is 0.929. The van der Waals surface area contributed by atoms with Crippen molar-refractivity contribution in [1.29, 1.82) is 0 Å². The Labute approximate surface area is 119 Å². The first-order chi connectivity index (χ1) is 8.75. The number of hydrogen-bond donors (Lipinski definition) is 0. The predicted molar refractivity (Wildman–Crippen MR) is 78.1 cm³/mol. The molecule has 0 aliphatic heterocycles. The number of nitrogens with zero attached hydrogens (tertiary/aromatic N) is 1. The zero-order valence-corrected chi connectivity index (χ0v) is 13.1. The summed E-state index contributed by atoms with van der Waals surface area (Å²) < 4.78 is 5.39. The lowest BCUT2D eigenvalue weighted by Gasteiger charge is -2.25. The van der Waals surface area contributed by atoms with Crippen molar-refractivity contribution >= 4 is 21.8 Å². The summed E-state index contributed by atoms with van der Waals surface area (Å²) in [6.07, 6.45) is 8.51. The minimum absolute atomic E-state index is 0.256. The molecule has 3 nitrogen and oxygen atoms in total. The van der Waals surface area contributed by atoms with E-state index in [4.69, 9.17) is 4.74 Å². The second-order valence-electron chi connectivity index (χ2n) is 5.10. The fourth-order valence-corrected chi connectivity index (χ4v) is 2.71. The number of carbonyl (C=O) groups is 1. The number of amides is 1. The lowest BCUT2D eigenvalue weighted by atomic mass is 9.90. The first kappa shape index (κ1) is 16.0. The van der Waals surface area contributed by atoms with Crippen LogP contribution in [0.2, 0.25) is 0 Å². The van der Waals surface area contributed by atoms with Crippen LogP contribution in [0.3, 0.4) is 0 Å². The van der Waals surface area contributed by atoms with Gasteiger partial charge in [0.2, 0.25) is 5.91 Å². The lowest BCUT2D eigenvalue weighted by molar-refractivity contribution is -0.135. The zero-order valence-electron chi connectivity index (χ0n) is 11.5. The van der Waals surface area contributed by atoms with Crippen LogP contribution >= 0.6 is 15.9 Å². The van der Waals surface area contributed by atoms with Crippen LogP contribution in [0.15, 0.2) is 0 Å². The van der Waals surface area contributed by atoms with Gasteiger partial charge in [0.25, 0.3) is 0 Å². The summed E-state index contributed by atoms with van der Waals surface area (Å²) in [6, 6.07) is 0. The number of carbonyl (C=O) groups excluding carboxylic acids is 1. The molecule has 106 valence electrons. The molecule has 0 heterocycles. The Kier molecular flexibility index (Phi) is 8.68. The van der Waals surface area contributed by atoms with Crippen molar-refractivity contribution in [2.45, 2.75) is 44.9 Å². The molecule has 0 bridgehead atoms. The molecule has 0 aromatic heterocycles. The molecule has 0 unspecified atom stereocenters. The summed E-state index contributed by atoms with van der Waals surface area (Å²) in [6.45, 7) is 2.06. The van der Waals surface area contributed by atoms with E-state index in [1.165, 1.54) is 32.1 Å². The molecule has 1 amide bonds. The van der Waals surface area contributed by atoms with E-state index in [2.05, 4.69) is 15.9 Å². The third-order valence-electron chi connectivity index (χ3n) is 3.62.